The highest BCUT2D eigenvalue weighted by molar-refractivity contribution is 5.15. The van der Waals surface area contributed by atoms with Gasteiger partial charge in [-0.2, -0.15) is 0 Å². The minimum absolute atomic E-state index is 1.19. The SMILES string of the molecule is CC[C](C)CCc1ccccc1. The van der Waals surface area contributed by atoms with Gasteiger partial charge in [0.25, 0.3) is 0 Å². The molecule has 0 amide bonds. The average molecular weight is 161 g/mol. The van der Waals surface area contributed by atoms with E-state index in [1.54, 1.807) is 5.92 Å². The van der Waals surface area contributed by atoms with Gasteiger partial charge in [0.2, 0.25) is 0 Å². The van der Waals surface area contributed by atoms with Crippen LogP contribution in [0.2, 0.25) is 0 Å². The molecule has 1 radical (unpaired) electrons. The maximum atomic E-state index is 2.24. The molecule has 0 heteroatoms. The fourth-order valence-electron chi connectivity index (χ4n) is 1.18. The minimum Gasteiger partial charge on any atom is -0.0648 e. The van der Waals surface area contributed by atoms with Crippen molar-refractivity contribution in [3.05, 3.63) is 41.8 Å². The van der Waals surface area contributed by atoms with Crippen LogP contribution < -0.4 is 0 Å². The quantitative estimate of drug-likeness (QED) is 0.632. The first-order valence-electron chi connectivity index (χ1n) is 4.68. The molecule has 0 aromatic heterocycles. The zero-order valence-electron chi connectivity index (χ0n) is 8.01. The van der Waals surface area contributed by atoms with E-state index in [9.17, 15) is 0 Å². The van der Waals surface area contributed by atoms with Gasteiger partial charge in [-0.15, -0.1) is 0 Å². The van der Waals surface area contributed by atoms with Gasteiger partial charge in [0.05, 0.1) is 0 Å². The highest BCUT2D eigenvalue weighted by Gasteiger charge is 1.99. The summed E-state index contributed by atoms with van der Waals surface area (Å²) < 4.78 is 0. The molecule has 0 aliphatic carbocycles. The van der Waals surface area contributed by atoms with Gasteiger partial charge in [-0.05, 0) is 24.3 Å². The van der Waals surface area contributed by atoms with E-state index in [1.807, 2.05) is 0 Å². The smallest absolute Gasteiger partial charge is 0.0271 e. The molecule has 1 aromatic rings. The third-order valence-electron chi connectivity index (χ3n) is 2.29. The summed E-state index contributed by atoms with van der Waals surface area (Å²) in [6.45, 7) is 4.46. The zero-order chi connectivity index (χ0) is 8.81. The molecule has 0 heterocycles. The Kier molecular flexibility index (Phi) is 3.86. The van der Waals surface area contributed by atoms with Gasteiger partial charge in [-0.3, -0.25) is 0 Å². The molecule has 0 aliphatic heterocycles. The van der Waals surface area contributed by atoms with Gasteiger partial charge in [0, 0.05) is 0 Å². The molecule has 1 rings (SSSR count). The molecular weight excluding hydrogens is 144 g/mol. The molecule has 0 bridgehead atoms. The Bertz CT molecular complexity index is 201. The van der Waals surface area contributed by atoms with Gasteiger partial charge in [0.15, 0.2) is 0 Å². The topological polar surface area (TPSA) is 0 Å². The molecule has 0 aliphatic rings. The molecule has 0 spiro atoms. The van der Waals surface area contributed by atoms with Crippen LogP contribution in [0.15, 0.2) is 30.3 Å². The number of hydrogen-bond donors (Lipinski definition) is 0. The van der Waals surface area contributed by atoms with E-state index in [2.05, 4.69) is 44.2 Å². The Morgan fingerprint density at radius 2 is 1.83 bits per heavy atom. The fraction of sp³-hybridized carbons (Fsp3) is 0.417. The summed E-state index contributed by atoms with van der Waals surface area (Å²) in [4.78, 5) is 0. The lowest BCUT2D eigenvalue weighted by Crippen LogP contribution is -1.92. The summed E-state index contributed by atoms with van der Waals surface area (Å²) >= 11 is 0. The van der Waals surface area contributed by atoms with Crippen molar-refractivity contribution < 1.29 is 0 Å². The summed E-state index contributed by atoms with van der Waals surface area (Å²) in [6.07, 6.45) is 3.65. The van der Waals surface area contributed by atoms with Crippen LogP contribution >= 0.6 is 0 Å². The van der Waals surface area contributed by atoms with E-state index in [4.69, 9.17) is 0 Å². The Morgan fingerprint density at radius 1 is 1.17 bits per heavy atom. The lowest BCUT2D eigenvalue weighted by atomic mass is 9.99. The van der Waals surface area contributed by atoms with Crippen molar-refractivity contribution in [2.45, 2.75) is 33.1 Å². The summed E-state index contributed by atoms with van der Waals surface area (Å²) in [7, 11) is 0. The summed E-state index contributed by atoms with van der Waals surface area (Å²) in [5.74, 6) is 1.60. The Labute approximate surface area is 75.6 Å². The van der Waals surface area contributed by atoms with Crippen LogP contribution in [0.25, 0.3) is 0 Å². The van der Waals surface area contributed by atoms with Crippen LogP contribution in [-0.2, 0) is 6.42 Å². The predicted octanol–water partition coefficient (Wildman–Crippen LogP) is 3.62. The third-order valence-corrected chi connectivity index (χ3v) is 2.29. The molecule has 0 fully saturated rings. The maximum Gasteiger partial charge on any atom is -0.0271 e. The van der Waals surface area contributed by atoms with Crippen molar-refractivity contribution >= 4 is 0 Å². The van der Waals surface area contributed by atoms with Crippen molar-refractivity contribution in [1.29, 1.82) is 0 Å². The zero-order valence-corrected chi connectivity index (χ0v) is 8.01. The number of hydrogen-bond acceptors (Lipinski definition) is 0. The first kappa shape index (κ1) is 9.31. The summed E-state index contributed by atoms with van der Waals surface area (Å²) in [5.41, 5.74) is 1.45. The number of rotatable bonds is 4. The van der Waals surface area contributed by atoms with Gasteiger partial charge < -0.3 is 0 Å². The Morgan fingerprint density at radius 3 is 2.42 bits per heavy atom. The lowest BCUT2D eigenvalue weighted by Gasteiger charge is -2.06. The molecule has 0 saturated carbocycles. The number of aryl methyl sites for hydroxylation is 1. The average Bonchev–Trinajstić information content (AvgIpc) is 2.16. The number of benzene rings is 1. The normalized spacial score (nSPS) is 10.6. The standard InChI is InChI=1S/C12H17/c1-3-11(2)9-10-12-7-5-4-6-8-12/h4-8H,3,9-10H2,1-2H3. The Hall–Kier alpha value is -0.780. The highest BCUT2D eigenvalue weighted by Crippen LogP contribution is 2.13. The largest absolute Gasteiger partial charge is 0.0648 e. The van der Waals surface area contributed by atoms with Crippen LogP contribution in [-0.4, -0.2) is 0 Å². The van der Waals surface area contributed by atoms with Crippen LogP contribution in [0.3, 0.4) is 0 Å². The van der Waals surface area contributed by atoms with Crippen molar-refractivity contribution in [1.82, 2.24) is 0 Å². The molecule has 1 aromatic carbocycles. The van der Waals surface area contributed by atoms with Crippen molar-refractivity contribution in [2.75, 3.05) is 0 Å². The van der Waals surface area contributed by atoms with E-state index in [-0.39, 0.29) is 0 Å². The second-order valence-corrected chi connectivity index (χ2v) is 3.30. The highest BCUT2D eigenvalue weighted by atomic mass is 14.0. The van der Waals surface area contributed by atoms with Crippen LogP contribution in [0.5, 0.6) is 0 Å². The van der Waals surface area contributed by atoms with Crippen LogP contribution in [0, 0.1) is 5.92 Å². The molecule has 12 heavy (non-hydrogen) atoms. The molecule has 0 unspecified atom stereocenters. The second-order valence-electron chi connectivity index (χ2n) is 3.30. The lowest BCUT2D eigenvalue weighted by molar-refractivity contribution is 0.762. The van der Waals surface area contributed by atoms with Gasteiger partial charge >= 0.3 is 0 Å². The molecule has 0 saturated heterocycles. The van der Waals surface area contributed by atoms with Crippen molar-refractivity contribution in [3.63, 3.8) is 0 Å². The van der Waals surface area contributed by atoms with E-state index < -0.39 is 0 Å². The minimum atomic E-state index is 1.19. The maximum absolute atomic E-state index is 2.24. The molecule has 0 N–H and O–H groups in total. The molecule has 0 atom stereocenters. The van der Waals surface area contributed by atoms with Gasteiger partial charge in [-0.1, -0.05) is 50.6 Å². The van der Waals surface area contributed by atoms with E-state index in [0.29, 0.717) is 0 Å². The fourth-order valence-corrected chi connectivity index (χ4v) is 1.18. The van der Waals surface area contributed by atoms with E-state index in [0.717, 1.165) is 0 Å². The first-order chi connectivity index (χ1) is 5.83. The first-order valence-corrected chi connectivity index (χ1v) is 4.68. The summed E-state index contributed by atoms with van der Waals surface area (Å²) in [6, 6.07) is 10.7. The van der Waals surface area contributed by atoms with Crippen LogP contribution in [0.4, 0.5) is 0 Å². The van der Waals surface area contributed by atoms with Crippen molar-refractivity contribution in [2.24, 2.45) is 0 Å². The monoisotopic (exact) mass is 161 g/mol. The van der Waals surface area contributed by atoms with Crippen molar-refractivity contribution in [3.8, 4) is 0 Å². The van der Waals surface area contributed by atoms with E-state index >= 15 is 0 Å². The van der Waals surface area contributed by atoms with Crippen LogP contribution in [0.1, 0.15) is 32.3 Å². The Balaban J connectivity index is 2.33. The van der Waals surface area contributed by atoms with E-state index in [1.165, 1.54) is 24.8 Å². The van der Waals surface area contributed by atoms with Gasteiger partial charge in [-0.25, -0.2) is 0 Å². The molecule has 65 valence electrons. The molecule has 0 nitrogen and oxygen atoms in total. The third kappa shape index (κ3) is 3.08. The summed E-state index contributed by atoms with van der Waals surface area (Å²) in [5, 5.41) is 0. The van der Waals surface area contributed by atoms with Gasteiger partial charge in [0.1, 0.15) is 0 Å². The molecular formula is C12H17. The second kappa shape index (κ2) is 4.97. The predicted molar refractivity (Wildman–Crippen MR) is 54.0 cm³/mol.